The van der Waals surface area contributed by atoms with Gasteiger partial charge in [-0.05, 0) is 24.3 Å². The number of para-hydroxylation sites is 2. The Kier molecular flexibility index (Phi) is 2.68. The van der Waals surface area contributed by atoms with Crippen molar-refractivity contribution >= 4 is 22.6 Å². The summed E-state index contributed by atoms with van der Waals surface area (Å²) < 4.78 is 1.59. The fourth-order valence-electron chi connectivity index (χ4n) is 2.07. The van der Waals surface area contributed by atoms with Crippen molar-refractivity contribution in [3.05, 3.63) is 66.4 Å². The summed E-state index contributed by atoms with van der Waals surface area (Å²) in [6.07, 6.45) is 0. The zero-order valence-corrected chi connectivity index (χ0v) is 10.1. The number of benzene rings is 2. The summed E-state index contributed by atoms with van der Waals surface area (Å²) in [5.41, 5.74) is 5.00. The van der Waals surface area contributed by atoms with Crippen LogP contribution < -0.4 is 5.43 Å². The quantitative estimate of drug-likeness (QED) is 0.752. The molecule has 4 nitrogen and oxygen atoms in total. The molecular formula is C15H12N2O2. The average Bonchev–Trinajstić information content (AvgIpc) is 2.79. The number of carboxylic acid groups (broad SMARTS) is 1. The summed E-state index contributed by atoms with van der Waals surface area (Å²) >= 11 is 0. The molecule has 1 heterocycles. The van der Waals surface area contributed by atoms with Gasteiger partial charge >= 0.3 is 5.97 Å². The normalized spacial score (nSPS) is 10.5. The minimum Gasteiger partial charge on any atom is -0.477 e. The van der Waals surface area contributed by atoms with E-state index in [0.29, 0.717) is 0 Å². The van der Waals surface area contributed by atoms with Gasteiger partial charge in [-0.1, -0.05) is 36.4 Å². The van der Waals surface area contributed by atoms with Gasteiger partial charge in [0, 0.05) is 5.39 Å². The molecule has 0 unspecified atom stereocenters. The maximum Gasteiger partial charge on any atom is 0.354 e. The van der Waals surface area contributed by atoms with Gasteiger partial charge in [-0.2, -0.15) is 0 Å². The van der Waals surface area contributed by atoms with E-state index < -0.39 is 5.97 Å². The summed E-state index contributed by atoms with van der Waals surface area (Å²) in [5.74, 6) is -0.959. The molecule has 3 aromatic rings. The summed E-state index contributed by atoms with van der Waals surface area (Å²) in [4.78, 5) is 11.3. The molecule has 2 aromatic carbocycles. The van der Waals surface area contributed by atoms with Gasteiger partial charge in [0.05, 0.1) is 11.2 Å². The smallest absolute Gasteiger partial charge is 0.354 e. The first kappa shape index (κ1) is 11.3. The van der Waals surface area contributed by atoms with Crippen LogP contribution in [0.4, 0.5) is 5.69 Å². The summed E-state index contributed by atoms with van der Waals surface area (Å²) in [7, 11) is 0. The van der Waals surface area contributed by atoms with Crippen molar-refractivity contribution in [2.45, 2.75) is 0 Å². The number of rotatable bonds is 3. The molecule has 0 saturated heterocycles. The zero-order chi connectivity index (χ0) is 13.2. The molecule has 0 amide bonds. The van der Waals surface area contributed by atoms with Crippen LogP contribution in [0.15, 0.2) is 60.7 Å². The lowest BCUT2D eigenvalue weighted by Crippen LogP contribution is -2.15. The minimum absolute atomic E-state index is 0.213. The maximum atomic E-state index is 11.3. The lowest BCUT2D eigenvalue weighted by atomic mass is 10.2. The Bertz CT molecular complexity index is 732. The molecule has 0 fully saturated rings. The Morgan fingerprint density at radius 1 is 1.00 bits per heavy atom. The van der Waals surface area contributed by atoms with Gasteiger partial charge in [0.2, 0.25) is 0 Å². The fraction of sp³-hybridized carbons (Fsp3) is 0. The van der Waals surface area contributed by atoms with E-state index in [0.717, 1.165) is 16.6 Å². The van der Waals surface area contributed by atoms with E-state index in [1.54, 1.807) is 10.7 Å². The van der Waals surface area contributed by atoms with Gasteiger partial charge in [0.15, 0.2) is 0 Å². The highest BCUT2D eigenvalue weighted by atomic mass is 16.4. The molecule has 19 heavy (non-hydrogen) atoms. The van der Waals surface area contributed by atoms with E-state index in [1.165, 1.54) is 0 Å². The van der Waals surface area contributed by atoms with Crippen LogP contribution >= 0.6 is 0 Å². The topological polar surface area (TPSA) is 54.3 Å². The second-order valence-electron chi connectivity index (χ2n) is 4.21. The van der Waals surface area contributed by atoms with Crippen molar-refractivity contribution in [2.24, 2.45) is 0 Å². The van der Waals surface area contributed by atoms with Crippen molar-refractivity contribution in [2.75, 3.05) is 5.43 Å². The molecule has 4 heteroatoms. The van der Waals surface area contributed by atoms with Crippen molar-refractivity contribution in [3.8, 4) is 0 Å². The number of nitrogens with zero attached hydrogens (tertiary/aromatic N) is 1. The van der Waals surface area contributed by atoms with E-state index in [4.69, 9.17) is 0 Å². The molecule has 0 aliphatic rings. The highest BCUT2D eigenvalue weighted by molar-refractivity contribution is 5.95. The summed E-state index contributed by atoms with van der Waals surface area (Å²) in [5, 5.41) is 10.2. The van der Waals surface area contributed by atoms with E-state index >= 15 is 0 Å². The molecule has 2 N–H and O–H groups in total. The molecule has 94 valence electrons. The third-order valence-corrected chi connectivity index (χ3v) is 2.94. The Balaban J connectivity index is 2.15. The number of aromatic carboxylic acids is 1. The van der Waals surface area contributed by atoms with E-state index in [2.05, 4.69) is 5.43 Å². The van der Waals surface area contributed by atoms with Gasteiger partial charge in [-0.25, -0.2) is 9.47 Å². The fourth-order valence-corrected chi connectivity index (χ4v) is 2.07. The second kappa shape index (κ2) is 4.49. The molecular weight excluding hydrogens is 240 g/mol. The van der Waals surface area contributed by atoms with Crippen molar-refractivity contribution in [1.82, 2.24) is 4.68 Å². The third-order valence-electron chi connectivity index (χ3n) is 2.94. The van der Waals surface area contributed by atoms with Crippen molar-refractivity contribution in [3.63, 3.8) is 0 Å². The first-order valence-electron chi connectivity index (χ1n) is 5.91. The first-order valence-corrected chi connectivity index (χ1v) is 5.91. The summed E-state index contributed by atoms with van der Waals surface area (Å²) in [6, 6.07) is 18.7. The SMILES string of the molecule is O=C(O)c1cc2ccccc2n1Nc1ccccc1. The predicted octanol–water partition coefficient (Wildman–Crippen LogP) is 3.21. The van der Waals surface area contributed by atoms with Crippen LogP contribution in [0, 0.1) is 0 Å². The molecule has 1 aromatic heterocycles. The standard InChI is InChI=1S/C15H12N2O2/c18-15(19)14-10-11-6-4-5-9-13(11)17(14)16-12-7-2-1-3-8-12/h1-10,16H,(H,18,19). The van der Waals surface area contributed by atoms with Gasteiger partial charge in [0.1, 0.15) is 5.69 Å². The number of aromatic nitrogens is 1. The molecule has 0 spiro atoms. The Morgan fingerprint density at radius 3 is 2.42 bits per heavy atom. The lowest BCUT2D eigenvalue weighted by Gasteiger charge is -2.11. The van der Waals surface area contributed by atoms with Gasteiger partial charge in [-0.15, -0.1) is 0 Å². The summed E-state index contributed by atoms with van der Waals surface area (Å²) in [6.45, 7) is 0. The van der Waals surface area contributed by atoms with E-state index in [1.807, 2.05) is 54.6 Å². The van der Waals surface area contributed by atoms with Gasteiger partial charge in [0.25, 0.3) is 0 Å². The third kappa shape index (κ3) is 2.04. The minimum atomic E-state index is -0.959. The second-order valence-corrected chi connectivity index (χ2v) is 4.21. The van der Waals surface area contributed by atoms with Crippen LogP contribution in [0.2, 0.25) is 0 Å². The molecule has 0 aliphatic carbocycles. The molecule has 0 aliphatic heterocycles. The number of fused-ring (bicyclic) bond motifs is 1. The van der Waals surface area contributed by atoms with E-state index in [9.17, 15) is 9.90 Å². The average molecular weight is 252 g/mol. The molecule has 3 rings (SSSR count). The number of hydrogen-bond donors (Lipinski definition) is 2. The predicted molar refractivity (Wildman–Crippen MR) is 74.4 cm³/mol. The Morgan fingerprint density at radius 2 is 1.68 bits per heavy atom. The van der Waals surface area contributed by atoms with Crippen LogP contribution in [0.3, 0.4) is 0 Å². The van der Waals surface area contributed by atoms with Crippen LogP contribution in [0.5, 0.6) is 0 Å². The molecule has 0 radical (unpaired) electrons. The highest BCUT2D eigenvalue weighted by Gasteiger charge is 2.14. The lowest BCUT2D eigenvalue weighted by molar-refractivity contribution is 0.0687. The van der Waals surface area contributed by atoms with Crippen LogP contribution in [0.1, 0.15) is 10.5 Å². The number of carboxylic acids is 1. The number of anilines is 1. The monoisotopic (exact) mass is 252 g/mol. The van der Waals surface area contributed by atoms with Crippen molar-refractivity contribution < 1.29 is 9.90 Å². The molecule has 0 bridgehead atoms. The highest BCUT2D eigenvalue weighted by Crippen LogP contribution is 2.20. The van der Waals surface area contributed by atoms with Gasteiger partial charge in [-0.3, -0.25) is 5.43 Å². The largest absolute Gasteiger partial charge is 0.477 e. The van der Waals surface area contributed by atoms with Crippen LogP contribution in [0.25, 0.3) is 10.9 Å². The number of nitrogens with one attached hydrogen (secondary N) is 1. The van der Waals surface area contributed by atoms with Crippen LogP contribution in [-0.2, 0) is 0 Å². The molecule has 0 saturated carbocycles. The maximum absolute atomic E-state index is 11.3. The van der Waals surface area contributed by atoms with Crippen molar-refractivity contribution in [1.29, 1.82) is 0 Å². The Hall–Kier alpha value is -2.75. The van der Waals surface area contributed by atoms with E-state index in [-0.39, 0.29) is 5.69 Å². The van der Waals surface area contributed by atoms with Gasteiger partial charge < -0.3 is 5.11 Å². The molecule has 0 atom stereocenters. The zero-order valence-electron chi connectivity index (χ0n) is 10.1. The van der Waals surface area contributed by atoms with Crippen LogP contribution in [-0.4, -0.2) is 15.8 Å². The number of carbonyl (C=O) groups is 1. The Labute approximate surface area is 109 Å². The first-order chi connectivity index (χ1) is 9.25. The number of hydrogen-bond acceptors (Lipinski definition) is 2.